The van der Waals surface area contributed by atoms with E-state index in [4.69, 9.17) is 0 Å². The molecule has 0 N–H and O–H groups in total. The second kappa shape index (κ2) is 9.80. The summed E-state index contributed by atoms with van der Waals surface area (Å²) in [5.74, 6) is 0. The van der Waals surface area contributed by atoms with Gasteiger partial charge in [-0.15, -0.1) is 13.2 Å². The molecule has 0 fully saturated rings. The number of hydrogen-bond donors (Lipinski definition) is 0. The Morgan fingerprint density at radius 3 is 1.70 bits per heavy atom. The summed E-state index contributed by atoms with van der Waals surface area (Å²) in [7, 11) is 0. The van der Waals surface area contributed by atoms with Crippen molar-refractivity contribution in [1.29, 1.82) is 0 Å². The van der Waals surface area contributed by atoms with Gasteiger partial charge >= 0.3 is 0 Å². The van der Waals surface area contributed by atoms with Gasteiger partial charge in [-0.25, -0.2) is 0 Å². The molecule has 0 aliphatic heterocycles. The lowest BCUT2D eigenvalue weighted by Crippen LogP contribution is -1.79. The maximum Gasteiger partial charge on any atom is -0.0233 e. The van der Waals surface area contributed by atoms with Gasteiger partial charge in [0.2, 0.25) is 0 Å². The predicted octanol–water partition coefficient (Wildman–Crippen LogP) is 6.13. The molecular weight excluding hydrogens is 240 g/mol. The topological polar surface area (TPSA) is 0 Å². The van der Waals surface area contributed by atoms with Crippen LogP contribution in [0.5, 0.6) is 0 Å². The molecule has 2 aromatic rings. The number of allylic oxidation sites excluding steroid dienone is 1. The van der Waals surface area contributed by atoms with Crippen molar-refractivity contribution in [3.63, 3.8) is 0 Å². The van der Waals surface area contributed by atoms with E-state index in [1.807, 2.05) is 25.1 Å². The van der Waals surface area contributed by atoms with Crippen LogP contribution in [-0.2, 0) is 0 Å². The first-order valence-corrected chi connectivity index (χ1v) is 6.75. The molecule has 0 heteroatoms. The Morgan fingerprint density at radius 1 is 0.800 bits per heavy atom. The van der Waals surface area contributed by atoms with Crippen LogP contribution in [0.15, 0.2) is 68.3 Å². The van der Waals surface area contributed by atoms with Gasteiger partial charge in [0.05, 0.1) is 0 Å². The van der Waals surface area contributed by atoms with Gasteiger partial charge in [0, 0.05) is 0 Å². The molecule has 20 heavy (non-hydrogen) atoms. The number of hydrogen-bond acceptors (Lipinski definition) is 0. The summed E-state index contributed by atoms with van der Waals surface area (Å²) in [4.78, 5) is 0. The van der Waals surface area contributed by atoms with Crippen LogP contribution >= 0.6 is 0 Å². The monoisotopic (exact) mass is 266 g/mol. The molecule has 2 rings (SSSR count). The molecule has 0 bridgehead atoms. The first-order valence-electron chi connectivity index (χ1n) is 6.75. The SMILES string of the molecule is C=C.C=C(C)c1ccccc1.Cc1ccc(C)c(C)c1. The van der Waals surface area contributed by atoms with Gasteiger partial charge in [0.1, 0.15) is 0 Å². The highest BCUT2D eigenvalue weighted by Crippen LogP contribution is 2.08. The first-order chi connectivity index (χ1) is 9.50. The third-order valence-electron chi connectivity index (χ3n) is 2.93. The summed E-state index contributed by atoms with van der Waals surface area (Å²) in [6, 6.07) is 16.7. The normalized spacial score (nSPS) is 8.60. The Kier molecular flexibility index (Phi) is 8.78. The molecule has 0 saturated heterocycles. The molecule has 0 nitrogen and oxygen atoms in total. The fourth-order valence-corrected chi connectivity index (χ4v) is 1.61. The maximum atomic E-state index is 3.83. The maximum absolute atomic E-state index is 3.83. The number of benzene rings is 2. The second-order valence-corrected chi connectivity index (χ2v) is 4.73. The molecule has 0 unspecified atom stereocenters. The van der Waals surface area contributed by atoms with E-state index in [-0.39, 0.29) is 0 Å². The van der Waals surface area contributed by atoms with Gasteiger partial charge in [-0.3, -0.25) is 0 Å². The third kappa shape index (κ3) is 6.75. The largest absolute Gasteiger partial charge is 0.106 e. The van der Waals surface area contributed by atoms with E-state index < -0.39 is 0 Å². The highest BCUT2D eigenvalue weighted by molar-refractivity contribution is 5.60. The molecule has 0 heterocycles. The molecule has 2 aromatic carbocycles. The summed E-state index contributed by atoms with van der Waals surface area (Å²) in [5, 5.41) is 0. The molecule has 0 aliphatic rings. The zero-order valence-corrected chi connectivity index (χ0v) is 13.2. The summed E-state index contributed by atoms with van der Waals surface area (Å²) >= 11 is 0. The van der Waals surface area contributed by atoms with E-state index in [0.29, 0.717) is 0 Å². The molecule has 0 spiro atoms. The summed E-state index contributed by atoms with van der Waals surface area (Å²) in [5.41, 5.74) is 6.45. The van der Waals surface area contributed by atoms with E-state index >= 15 is 0 Å². The van der Waals surface area contributed by atoms with Crippen LogP contribution < -0.4 is 0 Å². The molecule has 0 atom stereocenters. The van der Waals surface area contributed by atoms with Crippen LogP contribution in [0.1, 0.15) is 29.2 Å². The minimum atomic E-state index is 1.12. The fourth-order valence-electron chi connectivity index (χ4n) is 1.61. The minimum absolute atomic E-state index is 1.12. The highest BCUT2D eigenvalue weighted by atomic mass is 13.9. The smallest absolute Gasteiger partial charge is 0.0233 e. The zero-order chi connectivity index (χ0) is 15.5. The van der Waals surface area contributed by atoms with Gasteiger partial charge in [0.15, 0.2) is 0 Å². The van der Waals surface area contributed by atoms with E-state index in [0.717, 1.165) is 5.57 Å². The van der Waals surface area contributed by atoms with E-state index in [1.165, 1.54) is 22.3 Å². The fraction of sp³-hybridized carbons (Fsp3) is 0.200. The van der Waals surface area contributed by atoms with E-state index in [1.54, 1.807) is 0 Å². The quantitative estimate of drug-likeness (QED) is 0.544. The van der Waals surface area contributed by atoms with E-state index in [2.05, 4.69) is 70.8 Å². The molecular formula is C20H26. The van der Waals surface area contributed by atoms with Gasteiger partial charge in [0.25, 0.3) is 0 Å². The minimum Gasteiger partial charge on any atom is -0.106 e. The first kappa shape index (κ1) is 17.9. The molecule has 0 radical (unpaired) electrons. The van der Waals surface area contributed by atoms with Crippen LogP contribution in [0.25, 0.3) is 5.57 Å². The van der Waals surface area contributed by atoms with Crippen molar-refractivity contribution < 1.29 is 0 Å². The molecule has 0 aliphatic carbocycles. The lowest BCUT2D eigenvalue weighted by molar-refractivity contribution is 1.30. The van der Waals surface area contributed by atoms with Crippen LogP contribution in [0.2, 0.25) is 0 Å². The standard InChI is InChI=1S/C9H12.C9H10.C2H4/c1-7-4-5-8(2)9(3)6-7;1-8(2)9-6-4-3-5-7-9;1-2/h4-6H,1-3H3;3-7H,1H2,2H3;1-2H2. The Labute approximate surface area is 124 Å². The van der Waals surface area contributed by atoms with Crippen molar-refractivity contribution in [2.75, 3.05) is 0 Å². The van der Waals surface area contributed by atoms with Crippen LogP contribution in [-0.4, -0.2) is 0 Å². The van der Waals surface area contributed by atoms with Crippen molar-refractivity contribution in [1.82, 2.24) is 0 Å². The molecule has 106 valence electrons. The predicted molar refractivity (Wildman–Crippen MR) is 93.1 cm³/mol. The number of rotatable bonds is 1. The summed E-state index contributed by atoms with van der Waals surface area (Å²) < 4.78 is 0. The van der Waals surface area contributed by atoms with Crippen molar-refractivity contribution in [2.24, 2.45) is 0 Å². The highest BCUT2D eigenvalue weighted by Gasteiger charge is 1.89. The number of aryl methyl sites for hydroxylation is 3. The van der Waals surface area contributed by atoms with Gasteiger partial charge in [-0.05, 0) is 44.4 Å². The van der Waals surface area contributed by atoms with Crippen LogP contribution in [0.3, 0.4) is 0 Å². The van der Waals surface area contributed by atoms with Crippen LogP contribution in [0, 0.1) is 20.8 Å². The lowest BCUT2D eigenvalue weighted by Gasteiger charge is -1.98. The summed E-state index contributed by atoms with van der Waals surface area (Å²) in [6.07, 6.45) is 0. The van der Waals surface area contributed by atoms with Gasteiger partial charge < -0.3 is 0 Å². The molecule has 0 amide bonds. The lowest BCUT2D eigenvalue weighted by atomic mass is 10.1. The van der Waals surface area contributed by atoms with Crippen LogP contribution in [0.4, 0.5) is 0 Å². The Hall–Kier alpha value is -2.08. The zero-order valence-electron chi connectivity index (χ0n) is 13.2. The Bertz CT molecular complexity index is 521. The van der Waals surface area contributed by atoms with Crippen molar-refractivity contribution >= 4 is 5.57 Å². The Morgan fingerprint density at radius 2 is 1.35 bits per heavy atom. The van der Waals surface area contributed by atoms with Crippen molar-refractivity contribution in [2.45, 2.75) is 27.7 Å². The summed E-state index contributed by atoms with van der Waals surface area (Å²) in [6.45, 7) is 18.2. The van der Waals surface area contributed by atoms with Crippen molar-refractivity contribution in [3.8, 4) is 0 Å². The second-order valence-electron chi connectivity index (χ2n) is 4.73. The average molecular weight is 266 g/mol. The van der Waals surface area contributed by atoms with E-state index in [9.17, 15) is 0 Å². The Balaban J connectivity index is 0.000000321. The van der Waals surface area contributed by atoms with Gasteiger partial charge in [-0.1, -0.05) is 66.2 Å². The third-order valence-corrected chi connectivity index (χ3v) is 2.93. The molecule has 0 saturated carbocycles. The molecule has 0 aromatic heterocycles. The van der Waals surface area contributed by atoms with Gasteiger partial charge in [-0.2, -0.15) is 0 Å². The average Bonchev–Trinajstić information content (AvgIpc) is 2.47. The van der Waals surface area contributed by atoms with Crippen molar-refractivity contribution in [3.05, 3.63) is 90.5 Å².